The Hall–Kier alpha value is -1.46. The first-order chi connectivity index (χ1) is 9.67. The molecule has 0 aliphatic rings. The lowest BCUT2D eigenvalue weighted by Gasteiger charge is -2.17. The monoisotopic (exact) mass is 293 g/mol. The smallest absolute Gasteiger partial charge is 0.176 e. The van der Waals surface area contributed by atoms with Crippen molar-refractivity contribution in [2.45, 2.75) is 32.2 Å². The average Bonchev–Trinajstić information content (AvgIpc) is 2.81. The molecule has 0 bridgehead atoms. The Morgan fingerprint density at radius 3 is 2.85 bits per heavy atom. The second-order valence-corrected chi connectivity index (χ2v) is 5.32. The van der Waals surface area contributed by atoms with Crippen LogP contribution in [0.5, 0.6) is 0 Å². The van der Waals surface area contributed by atoms with E-state index in [4.69, 9.17) is 11.6 Å². The van der Waals surface area contributed by atoms with Gasteiger partial charge < -0.3 is 5.32 Å². The molecular formula is C14H20ClN5. The third kappa shape index (κ3) is 4.58. The Morgan fingerprint density at radius 2 is 2.20 bits per heavy atom. The first-order valence-electron chi connectivity index (χ1n) is 6.88. The third-order valence-corrected chi connectivity index (χ3v) is 3.27. The molecule has 1 aromatic heterocycles. The van der Waals surface area contributed by atoms with Crippen LogP contribution in [0.2, 0.25) is 5.02 Å². The standard InChI is InChI=1S/C14H20ClN5/c1-3-7-16-13(10-14-17-19-20(2)18-14)9-11-5-4-6-12(15)8-11/h4-6,8,13,16H,3,7,9-10H2,1-2H3. The van der Waals surface area contributed by atoms with E-state index in [1.807, 2.05) is 18.2 Å². The van der Waals surface area contributed by atoms with Gasteiger partial charge in [0.2, 0.25) is 0 Å². The maximum absolute atomic E-state index is 6.04. The van der Waals surface area contributed by atoms with E-state index < -0.39 is 0 Å². The molecule has 0 radical (unpaired) electrons. The Morgan fingerprint density at radius 1 is 1.35 bits per heavy atom. The van der Waals surface area contributed by atoms with Gasteiger partial charge in [0, 0.05) is 17.5 Å². The van der Waals surface area contributed by atoms with Gasteiger partial charge in [-0.2, -0.15) is 4.80 Å². The van der Waals surface area contributed by atoms with Crippen molar-refractivity contribution < 1.29 is 0 Å². The molecule has 5 nitrogen and oxygen atoms in total. The van der Waals surface area contributed by atoms with Crippen molar-refractivity contribution in [2.75, 3.05) is 6.54 Å². The molecule has 1 N–H and O–H groups in total. The Kier molecular flexibility index (Phi) is 5.49. The zero-order chi connectivity index (χ0) is 14.4. The van der Waals surface area contributed by atoms with Gasteiger partial charge in [0.15, 0.2) is 5.82 Å². The highest BCUT2D eigenvalue weighted by molar-refractivity contribution is 6.30. The molecule has 1 aromatic carbocycles. The van der Waals surface area contributed by atoms with E-state index >= 15 is 0 Å². The van der Waals surface area contributed by atoms with Crippen LogP contribution < -0.4 is 5.32 Å². The van der Waals surface area contributed by atoms with Gasteiger partial charge in [0.1, 0.15) is 0 Å². The van der Waals surface area contributed by atoms with Crippen molar-refractivity contribution in [2.24, 2.45) is 7.05 Å². The lowest BCUT2D eigenvalue weighted by atomic mass is 10.0. The minimum atomic E-state index is 0.289. The second-order valence-electron chi connectivity index (χ2n) is 4.88. The molecule has 0 saturated heterocycles. The van der Waals surface area contributed by atoms with E-state index in [2.05, 4.69) is 33.7 Å². The largest absolute Gasteiger partial charge is 0.313 e. The minimum Gasteiger partial charge on any atom is -0.313 e. The van der Waals surface area contributed by atoms with Crippen molar-refractivity contribution in [3.05, 3.63) is 40.7 Å². The summed E-state index contributed by atoms with van der Waals surface area (Å²) in [4.78, 5) is 1.49. The Bertz CT molecular complexity index is 540. The number of hydrogen-bond donors (Lipinski definition) is 1. The minimum absolute atomic E-state index is 0.289. The van der Waals surface area contributed by atoms with Crippen LogP contribution in [0.1, 0.15) is 24.7 Å². The maximum Gasteiger partial charge on any atom is 0.176 e. The van der Waals surface area contributed by atoms with E-state index in [0.29, 0.717) is 0 Å². The van der Waals surface area contributed by atoms with Crippen LogP contribution in [0, 0.1) is 0 Å². The Labute approximate surface area is 124 Å². The number of nitrogens with one attached hydrogen (secondary N) is 1. The van der Waals surface area contributed by atoms with Crippen LogP contribution in [0.15, 0.2) is 24.3 Å². The van der Waals surface area contributed by atoms with Crippen LogP contribution in [0.25, 0.3) is 0 Å². The number of aryl methyl sites for hydroxylation is 1. The fraction of sp³-hybridized carbons (Fsp3) is 0.500. The van der Waals surface area contributed by atoms with Crippen LogP contribution in [-0.2, 0) is 19.9 Å². The summed E-state index contributed by atoms with van der Waals surface area (Å²) in [7, 11) is 1.78. The molecule has 0 aliphatic carbocycles. The molecule has 1 unspecified atom stereocenters. The second kappa shape index (κ2) is 7.36. The van der Waals surface area contributed by atoms with Gasteiger partial charge in [-0.05, 0) is 42.3 Å². The highest BCUT2D eigenvalue weighted by Crippen LogP contribution is 2.13. The summed E-state index contributed by atoms with van der Waals surface area (Å²) in [6.45, 7) is 3.13. The van der Waals surface area contributed by atoms with Crippen LogP contribution in [0.4, 0.5) is 0 Å². The quantitative estimate of drug-likeness (QED) is 0.848. The lowest BCUT2D eigenvalue weighted by Crippen LogP contribution is -2.34. The molecule has 20 heavy (non-hydrogen) atoms. The van der Waals surface area contributed by atoms with Gasteiger partial charge in [0.25, 0.3) is 0 Å². The molecule has 0 amide bonds. The molecule has 2 aromatic rings. The first-order valence-corrected chi connectivity index (χ1v) is 7.26. The van der Waals surface area contributed by atoms with Gasteiger partial charge in [-0.1, -0.05) is 30.7 Å². The fourth-order valence-corrected chi connectivity index (χ4v) is 2.35. The molecule has 1 atom stereocenters. The van der Waals surface area contributed by atoms with Crippen molar-refractivity contribution in [1.82, 2.24) is 25.5 Å². The average molecular weight is 294 g/mol. The van der Waals surface area contributed by atoms with Gasteiger partial charge in [0.05, 0.1) is 7.05 Å². The number of halogens is 1. The lowest BCUT2D eigenvalue weighted by molar-refractivity contribution is 0.494. The summed E-state index contributed by atoms with van der Waals surface area (Å²) >= 11 is 6.04. The fourth-order valence-electron chi connectivity index (χ4n) is 2.14. The highest BCUT2D eigenvalue weighted by atomic mass is 35.5. The zero-order valence-electron chi connectivity index (χ0n) is 11.9. The summed E-state index contributed by atoms with van der Waals surface area (Å²) in [5.41, 5.74) is 1.22. The molecule has 0 spiro atoms. The van der Waals surface area contributed by atoms with E-state index in [0.717, 1.165) is 36.7 Å². The number of benzene rings is 1. The van der Waals surface area contributed by atoms with Gasteiger partial charge >= 0.3 is 0 Å². The molecule has 0 aliphatic heterocycles. The van der Waals surface area contributed by atoms with Crippen LogP contribution in [-0.4, -0.2) is 32.8 Å². The number of aromatic nitrogens is 4. The van der Waals surface area contributed by atoms with Gasteiger partial charge in [-0.3, -0.25) is 0 Å². The zero-order valence-corrected chi connectivity index (χ0v) is 12.6. The normalized spacial score (nSPS) is 12.6. The van der Waals surface area contributed by atoms with Crippen LogP contribution >= 0.6 is 11.6 Å². The van der Waals surface area contributed by atoms with Crippen molar-refractivity contribution >= 4 is 11.6 Å². The van der Waals surface area contributed by atoms with E-state index in [1.165, 1.54) is 10.4 Å². The summed E-state index contributed by atoms with van der Waals surface area (Å²) in [6.07, 6.45) is 2.76. The van der Waals surface area contributed by atoms with Crippen molar-refractivity contribution in [1.29, 1.82) is 0 Å². The Balaban J connectivity index is 2.02. The van der Waals surface area contributed by atoms with Crippen LogP contribution in [0.3, 0.4) is 0 Å². The van der Waals surface area contributed by atoms with Crippen molar-refractivity contribution in [3.63, 3.8) is 0 Å². The summed E-state index contributed by atoms with van der Waals surface area (Å²) < 4.78 is 0. The third-order valence-electron chi connectivity index (χ3n) is 3.03. The van der Waals surface area contributed by atoms with E-state index in [9.17, 15) is 0 Å². The topological polar surface area (TPSA) is 55.6 Å². The predicted octanol–water partition coefficient (Wildman–Crippen LogP) is 2.02. The van der Waals surface area contributed by atoms with Gasteiger partial charge in [-0.25, -0.2) is 0 Å². The summed E-state index contributed by atoms with van der Waals surface area (Å²) in [6, 6.07) is 8.26. The van der Waals surface area contributed by atoms with Crippen molar-refractivity contribution in [3.8, 4) is 0 Å². The highest BCUT2D eigenvalue weighted by Gasteiger charge is 2.13. The predicted molar refractivity (Wildman–Crippen MR) is 79.7 cm³/mol. The first kappa shape index (κ1) is 14.9. The summed E-state index contributed by atoms with van der Waals surface area (Å²) in [5, 5.41) is 16.5. The number of tetrazole rings is 1. The SMILES string of the molecule is CCCNC(Cc1cccc(Cl)c1)Cc1nnn(C)n1. The summed E-state index contributed by atoms with van der Waals surface area (Å²) in [5.74, 6) is 0.767. The molecular weight excluding hydrogens is 274 g/mol. The van der Waals surface area contributed by atoms with E-state index in [-0.39, 0.29) is 6.04 Å². The molecule has 2 rings (SSSR count). The molecule has 0 fully saturated rings. The number of rotatable bonds is 7. The molecule has 108 valence electrons. The molecule has 1 heterocycles. The maximum atomic E-state index is 6.04. The van der Waals surface area contributed by atoms with Gasteiger partial charge in [-0.15, -0.1) is 10.2 Å². The molecule has 0 saturated carbocycles. The molecule has 6 heteroatoms. The number of hydrogen-bond acceptors (Lipinski definition) is 4. The number of nitrogens with zero attached hydrogens (tertiary/aromatic N) is 4. The van der Waals surface area contributed by atoms with E-state index in [1.54, 1.807) is 7.05 Å².